The Balaban J connectivity index is 2.16. The van der Waals surface area contributed by atoms with E-state index in [9.17, 15) is 4.79 Å². The van der Waals surface area contributed by atoms with Crippen molar-refractivity contribution in [1.29, 1.82) is 0 Å². The molecule has 3 rings (SSSR count). The van der Waals surface area contributed by atoms with Crippen LogP contribution in [0.15, 0.2) is 66.7 Å². The summed E-state index contributed by atoms with van der Waals surface area (Å²) in [6.07, 6.45) is 0. The molecule has 3 aromatic carbocycles. The van der Waals surface area contributed by atoms with Gasteiger partial charge in [-0.3, -0.25) is 4.79 Å². The highest BCUT2D eigenvalue weighted by molar-refractivity contribution is 6.12. The lowest BCUT2D eigenvalue weighted by Gasteiger charge is -2.08. The third kappa shape index (κ3) is 2.04. The molecular formula is C18H13O. The van der Waals surface area contributed by atoms with Crippen molar-refractivity contribution >= 4 is 16.6 Å². The molecule has 0 aliphatic heterocycles. The lowest BCUT2D eigenvalue weighted by atomic mass is 9.94. The smallest absolute Gasteiger partial charge is 0.193 e. The Morgan fingerprint density at radius 3 is 2.26 bits per heavy atom. The van der Waals surface area contributed by atoms with Gasteiger partial charge in [0.15, 0.2) is 5.78 Å². The fourth-order valence-corrected chi connectivity index (χ4v) is 2.29. The second-order valence-corrected chi connectivity index (χ2v) is 4.51. The van der Waals surface area contributed by atoms with Gasteiger partial charge in [0.1, 0.15) is 0 Å². The molecule has 0 unspecified atom stereocenters. The summed E-state index contributed by atoms with van der Waals surface area (Å²) in [7, 11) is 0. The third-order valence-electron chi connectivity index (χ3n) is 3.32. The third-order valence-corrected chi connectivity index (χ3v) is 3.32. The highest BCUT2D eigenvalue weighted by Gasteiger charge is 2.12. The largest absolute Gasteiger partial charge is 0.289 e. The topological polar surface area (TPSA) is 17.1 Å². The molecule has 0 atom stereocenters. The predicted octanol–water partition coefficient (Wildman–Crippen LogP) is 4.25. The van der Waals surface area contributed by atoms with Gasteiger partial charge in [0, 0.05) is 11.1 Å². The second kappa shape index (κ2) is 4.69. The number of ketones is 1. The molecule has 0 fully saturated rings. The fraction of sp³-hybridized carbons (Fsp3) is 0. The van der Waals surface area contributed by atoms with E-state index in [1.165, 1.54) is 0 Å². The number of rotatable bonds is 2. The summed E-state index contributed by atoms with van der Waals surface area (Å²) in [5, 5.41) is 2.14. The first-order valence-corrected chi connectivity index (χ1v) is 6.21. The molecule has 1 nitrogen and oxygen atoms in total. The summed E-state index contributed by atoms with van der Waals surface area (Å²) in [6, 6.07) is 21.1. The van der Waals surface area contributed by atoms with Crippen molar-refractivity contribution in [1.82, 2.24) is 0 Å². The van der Waals surface area contributed by atoms with Gasteiger partial charge in [-0.1, -0.05) is 66.7 Å². The van der Waals surface area contributed by atoms with Gasteiger partial charge in [0.2, 0.25) is 0 Å². The highest BCUT2D eigenvalue weighted by atomic mass is 16.1. The summed E-state index contributed by atoms with van der Waals surface area (Å²) in [6.45, 7) is 4.07. The van der Waals surface area contributed by atoms with Gasteiger partial charge < -0.3 is 0 Å². The summed E-state index contributed by atoms with van der Waals surface area (Å²) in [4.78, 5) is 12.5. The zero-order valence-corrected chi connectivity index (χ0v) is 10.5. The van der Waals surface area contributed by atoms with Gasteiger partial charge in [-0.25, -0.2) is 0 Å². The molecule has 1 heteroatoms. The Morgan fingerprint density at radius 2 is 1.47 bits per heavy atom. The van der Waals surface area contributed by atoms with Crippen LogP contribution in [-0.4, -0.2) is 5.78 Å². The van der Waals surface area contributed by atoms with Crippen LogP contribution >= 0.6 is 0 Å². The van der Waals surface area contributed by atoms with Crippen LogP contribution < -0.4 is 0 Å². The van der Waals surface area contributed by atoms with Crippen molar-refractivity contribution in [2.75, 3.05) is 0 Å². The molecule has 0 bridgehead atoms. The summed E-state index contributed by atoms with van der Waals surface area (Å²) in [5.74, 6) is 0.0244. The monoisotopic (exact) mass is 245 g/mol. The van der Waals surface area contributed by atoms with Crippen molar-refractivity contribution < 1.29 is 4.79 Å². The Hall–Kier alpha value is -2.41. The Bertz CT molecular complexity index is 742. The van der Waals surface area contributed by atoms with Crippen LogP contribution in [0.4, 0.5) is 0 Å². The zero-order valence-electron chi connectivity index (χ0n) is 10.5. The van der Waals surface area contributed by atoms with Crippen molar-refractivity contribution in [3.63, 3.8) is 0 Å². The number of benzene rings is 3. The van der Waals surface area contributed by atoms with Crippen LogP contribution in [0.2, 0.25) is 0 Å². The molecule has 3 aromatic rings. The van der Waals surface area contributed by atoms with E-state index >= 15 is 0 Å². The summed E-state index contributed by atoms with van der Waals surface area (Å²) in [5.41, 5.74) is 2.17. The van der Waals surface area contributed by atoms with Crippen LogP contribution in [0.25, 0.3) is 10.8 Å². The molecule has 0 aliphatic carbocycles. The summed E-state index contributed by atoms with van der Waals surface area (Å²) < 4.78 is 0. The van der Waals surface area contributed by atoms with Crippen LogP contribution in [0.3, 0.4) is 0 Å². The highest BCUT2D eigenvalue weighted by Crippen LogP contribution is 2.23. The molecule has 0 saturated heterocycles. The van der Waals surface area contributed by atoms with Crippen LogP contribution in [0.1, 0.15) is 21.5 Å². The van der Waals surface area contributed by atoms with Gasteiger partial charge in [-0.2, -0.15) is 0 Å². The minimum Gasteiger partial charge on any atom is -0.289 e. The molecule has 1 radical (unpaired) electrons. The SMILES string of the molecule is [CH2]c1c(C(=O)c2ccccc2)ccc2ccccc12. The van der Waals surface area contributed by atoms with E-state index in [-0.39, 0.29) is 5.78 Å². The minimum absolute atomic E-state index is 0.0244. The molecule has 0 saturated carbocycles. The van der Waals surface area contributed by atoms with E-state index in [1.54, 1.807) is 0 Å². The van der Waals surface area contributed by atoms with Crippen LogP contribution in [0.5, 0.6) is 0 Å². The number of fused-ring (bicyclic) bond motifs is 1. The van der Waals surface area contributed by atoms with Crippen molar-refractivity contribution in [3.05, 3.63) is 90.3 Å². The van der Waals surface area contributed by atoms with Gasteiger partial charge in [-0.15, -0.1) is 0 Å². The maximum Gasteiger partial charge on any atom is 0.193 e. The minimum atomic E-state index is 0.0244. The van der Waals surface area contributed by atoms with Crippen molar-refractivity contribution in [2.24, 2.45) is 0 Å². The maximum absolute atomic E-state index is 12.5. The molecular weight excluding hydrogens is 232 g/mol. The van der Waals surface area contributed by atoms with E-state index in [1.807, 2.05) is 66.7 Å². The van der Waals surface area contributed by atoms with Gasteiger partial charge in [0.05, 0.1) is 0 Å². The standard InChI is InChI=1S/C18H13O/c1-13-16-10-6-5-7-14(16)11-12-17(13)18(19)15-8-3-2-4-9-15/h2-12H,1H2. The second-order valence-electron chi connectivity index (χ2n) is 4.51. The van der Waals surface area contributed by atoms with E-state index in [0.717, 1.165) is 16.3 Å². The van der Waals surface area contributed by atoms with Gasteiger partial charge >= 0.3 is 0 Å². The molecule has 0 heterocycles. The molecule has 0 aromatic heterocycles. The quantitative estimate of drug-likeness (QED) is 0.617. The Kier molecular flexibility index (Phi) is 2.88. The maximum atomic E-state index is 12.5. The van der Waals surface area contributed by atoms with Crippen molar-refractivity contribution in [2.45, 2.75) is 0 Å². The van der Waals surface area contributed by atoms with E-state index in [4.69, 9.17) is 0 Å². The molecule has 0 amide bonds. The first-order valence-electron chi connectivity index (χ1n) is 6.21. The average molecular weight is 245 g/mol. The van der Waals surface area contributed by atoms with E-state index in [2.05, 4.69) is 6.92 Å². The summed E-state index contributed by atoms with van der Waals surface area (Å²) >= 11 is 0. The van der Waals surface area contributed by atoms with Crippen LogP contribution in [-0.2, 0) is 0 Å². The average Bonchev–Trinajstić information content (AvgIpc) is 2.48. The molecule has 91 valence electrons. The number of hydrogen-bond acceptors (Lipinski definition) is 1. The van der Waals surface area contributed by atoms with Crippen LogP contribution in [0, 0.1) is 6.92 Å². The number of carbonyl (C=O) groups is 1. The molecule has 0 aliphatic rings. The number of hydrogen-bond donors (Lipinski definition) is 0. The van der Waals surface area contributed by atoms with Gasteiger partial charge in [-0.05, 0) is 23.3 Å². The molecule has 19 heavy (non-hydrogen) atoms. The Morgan fingerprint density at radius 1 is 0.789 bits per heavy atom. The lowest BCUT2D eigenvalue weighted by molar-refractivity contribution is 0.103. The normalized spacial score (nSPS) is 10.6. The van der Waals surface area contributed by atoms with E-state index in [0.29, 0.717) is 11.1 Å². The lowest BCUT2D eigenvalue weighted by Crippen LogP contribution is -2.03. The fourth-order valence-electron chi connectivity index (χ4n) is 2.29. The number of carbonyl (C=O) groups excluding carboxylic acids is 1. The first-order chi connectivity index (χ1) is 9.27. The Labute approximate surface area is 112 Å². The van der Waals surface area contributed by atoms with Gasteiger partial charge in [0.25, 0.3) is 0 Å². The molecule has 0 spiro atoms. The predicted molar refractivity (Wildman–Crippen MR) is 78.3 cm³/mol. The zero-order chi connectivity index (χ0) is 13.2. The first kappa shape index (κ1) is 11.7. The molecule has 0 N–H and O–H groups in total. The van der Waals surface area contributed by atoms with Crippen molar-refractivity contribution in [3.8, 4) is 0 Å². The van der Waals surface area contributed by atoms with E-state index < -0.39 is 0 Å².